The number of quaternary nitrogens is 1. The highest BCUT2D eigenvalue weighted by molar-refractivity contribution is 6.52. The van der Waals surface area contributed by atoms with Gasteiger partial charge in [0, 0.05) is 5.02 Å². The molecule has 1 amide bonds. The van der Waals surface area contributed by atoms with E-state index in [0.717, 1.165) is 32.8 Å². The standard InChI is InChI=1S/C14H15ClN2O3/c15-10-1-2-12-11(9-10)13(18)14(19)17(12)4-3-16-5-7-20-8-6-16/h1-2,9H,3-8H2/p+1. The van der Waals surface area contributed by atoms with Gasteiger partial charge in [-0.05, 0) is 18.2 Å². The lowest BCUT2D eigenvalue weighted by Crippen LogP contribution is -3.14. The van der Waals surface area contributed by atoms with Crippen LogP contribution >= 0.6 is 11.6 Å². The Kier molecular flexibility index (Phi) is 3.74. The Morgan fingerprint density at radius 2 is 2.00 bits per heavy atom. The lowest BCUT2D eigenvalue weighted by molar-refractivity contribution is -0.906. The largest absolute Gasteiger partial charge is 0.370 e. The van der Waals surface area contributed by atoms with Crippen molar-refractivity contribution in [2.24, 2.45) is 0 Å². The van der Waals surface area contributed by atoms with Crippen LogP contribution in [0.3, 0.4) is 0 Å². The molecule has 0 bridgehead atoms. The molecule has 0 saturated carbocycles. The second-order valence-electron chi connectivity index (χ2n) is 5.06. The third kappa shape index (κ3) is 2.44. The van der Waals surface area contributed by atoms with E-state index in [2.05, 4.69) is 0 Å². The monoisotopic (exact) mass is 295 g/mol. The van der Waals surface area contributed by atoms with Crippen LogP contribution in [-0.4, -0.2) is 51.1 Å². The van der Waals surface area contributed by atoms with E-state index in [1.807, 2.05) is 0 Å². The van der Waals surface area contributed by atoms with Crippen molar-refractivity contribution in [2.45, 2.75) is 0 Å². The van der Waals surface area contributed by atoms with Gasteiger partial charge >= 0.3 is 0 Å². The van der Waals surface area contributed by atoms with E-state index in [9.17, 15) is 9.59 Å². The Bertz CT molecular complexity index is 555. The zero-order valence-electron chi connectivity index (χ0n) is 11.0. The lowest BCUT2D eigenvalue weighted by Gasteiger charge is -2.26. The van der Waals surface area contributed by atoms with Crippen LogP contribution in [0.1, 0.15) is 10.4 Å². The van der Waals surface area contributed by atoms with E-state index in [4.69, 9.17) is 16.3 Å². The summed E-state index contributed by atoms with van der Waals surface area (Å²) in [6.07, 6.45) is 0. The number of fused-ring (bicyclic) bond motifs is 1. The summed E-state index contributed by atoms with van der Waals surface area (Å²) in [5.74, 6) is -0.908. The molecule has 6 heteroatoms. The van der Waals surface area contributed by atoms with Gasteiger partial charge in [0.2, 0.25) is 0 Å². The van der Waals surface area contributed by atoms with Crippen LogP contribution in [0.5, 0.6) is 0 Å². The fourth-order valence-electron chi connectivity index (χ4n) is 2.67. The number of nitrogens with one attached hydrogen (secondary N) is 1. The molecule has 5 nitrogen and oxygen atoms in total. The van der Waals surface area contributed by atoms with E-state index in [1.165, 1.54) is 4.90 Å². The maximum Gasteiger partial charge on any atom is 0.299 e. The summed E-state index contributed by atoms with van der Waals surface area (Å²) in [7, 11) is 0. The van der Waals surface area contributed by atoms with Crippen LogP contribution in [0.25, 0.3) is 0 Å². The highest BCUT2D eigenvalue weighted by Crippen LogP contribution is 2.30. The molecule has 2 aliphatic heterocycles. The van der Waals surface area contributed by atoms with Gasteiger partial charge < -0.3 is 9.64 Å². The fourth-order valence-corrected chi connectivity index (χ4v) is 2.85. The predicted molar refractivity (Wildman–Crippen MR) is 74.5 cm³/mol. The molecule has 0 radical (unpaired) electrons. The molecule has 2 aliphatic rings. The Hall–Kier alpha value is -1.43. The van der Waals surface area contributed by atoms with Crippen LogP contribution < -0.4 is 9.80 Å². The molecular formula is C14H16ClN2O3+. The molecule has 0 spiro atoms. The lowest BCUT2D eigenvalue weighted by atomic mass is 10.1. The molecule has 1 aromatic carbocycles. The van der Waals surface area contributed by atoms with Gasteiger partial charge in [0.05, 0.1) is 37.6 Å². The molecular weight excluding hydrogens is 280 g/mol. The van der Waals surface area contributed by atoms with E-state index in [0.29, 0.717) is 22.8 Å². The van der Waals surface area contributed by atoms with Crippen molar-refractivity contribution >= 4 is 29.0 Å². The van der Waals surface area contributed by atoms with Gasteiger partial charge in [0.25, 0.3) is 11.7 Å². The molecule has 0 unspecified atom stereocenters. The maximum absolute atomic E-state index is 12.0. The number of Topliss-reactive ketones (excluding diaryl/α,β-unsaturated/α-hetero) is 1. The number of benzene rings is 1. The third-order valence-corrected chi connectivity index (χ3v) is 4.06. The van der Waals surface area contributed by atoms with Gasteiger partial charge in [0.1, 0.15) is 13.1 Å². The molecule has 1 saturated heterocycles. The number of nitrogens with zero attached hydrogens (tertiary/aromatic N) is 1. The highest BCUT2D eigenvalue weighted by Gasteiger charge is 2.36. The van der Waals surface area contributed by atoms with Gasteiger partial charge in [-0.25, -0.2) is 0 Å². The number of ketones is 1. The summed E-state index contributed by atoms with van der Waals surface area (Å²) in [5.41, 5.74) is 1.09. The van der Waals surface area contributed by atoms with Gasteiger partial charge in [-0.1, -0.05) is 11.6 Å². The van der Waals surface area contributed by atoms with Crippen LogP contribution in [-0.2, 0) is 9.53 Å². The number of anilines is 1. The summed E-state index contributed by atoms with van der Waals surface area (Å²) in [5, 5.41) is 0.477. The Balaban J connectivity index is 1.74. The molecule has 1 aromatic rings. The molecule has 20 heavy (non-hydrogen) atoms. The van der Waals surface area contributed by atoms with Crippen molar-refractivity contribution in [3.8, 4) is 0 Å². The van der Waals surface area contributed by atoms with Crippen molar-refractivity contribution in [1.82, 2.24) is 0 Å². The van der Waals surface area contributed by atoms with Gasteiger partial charge in [-0.2, -0.15) is 0 Å². The Labute approximate surface area is 122 Å². The van der Waals surface area contributed by atoms with Crippen molar-refractivity contribution in [3.63, 3.8) is 0 Å². The van der Waals surface area contributed by atoms with Crippen molar-refractivity contribution in [3.05, 3.63) is 28.8 Å². The minimum Gasteiger partial charge on any atom is -0.370 e. The number of hydrogen-bond acceptors (Lipinski definition) is 3. The van der Waals surface area contributed by atoms with E-state index in [1.54, 1.807) is 23.1 Å². The molecule has 1 fully saturated rings. The molecule has 0 aromatic heterocycles. The van der Waals surface area contributed by atoms with Crippen LogP contribution in [0.15, 0.2) is 18.2 Å². The first-order valence-corrected chi connectivity index (χ1v) is 7.11. The molecule has 2 heterocycles. The second-order valence-corrected chi connectivity index (χ2v) is 5.50. The first kappa shape index (κ1) is 13.5. The Morgan fingerprint density at radius 1 is 1.25 bits per heavy atom. The van der Waals surface area contributed by atoms with Crippen LogP contribution in [0, 0.1) is 0 Å². The number of hydrogen-bond donors (Lipinski definition) is 1. The minimum absolute atomic E-state index is 0.416. The summed E-state index contributed by atoms with van der Waals surface area (Å²) >= 11 is 5.88. The van der Waals surface area contributed by atoms with Crippen LogP contribution in [0.2, 0.25) is 5.02 Å². The number of ether oxygens (including phenoxy) is 1. The highest BCUT2D eigenvalue weighted by atomic mass is 35.5. The third-order valence-electron chi connectivity index (χ3n) is 3.82. The number of morpholine rings is 1. The van der Waals surface area contributed by atoms with Gasteiger partial charge in [-0.3, -0.25) is 14.5 Å². The topological polar surface area (TPSA) is 51.0 Å². The first-order valence-electron chi connectivity index (χ1n) is 6.74. The van der Waals surface area contributed by atoms with Crippen molar-refractivity contribution < 1.29 is 19.2 Å². The average Bonchev–Trinajstić information content (AvgIpc) is 2.70. The number of amides is 1. The smallest absolute Gasteiger partial charge is 0.299 e. The normalized spacial score (nSPS) is 19.6. The summed E-state index contributed by atoms with van der Waals surface area (Å²) in [4.78, 5) is 26.9. The molecule has 0 aliphatic carbocycles. The zero-order valence-corrected chi connectivity index (χ0v) is 11.8. The van der Waals surface area contributed by atoms with Crippen molar-refractivity contribution in [1.29, 1.82) is 0 Å². The maximum atomic E-state index is 12.0. The number of carbonyl (C=O) groups excluding carboxylic acids is 2. The molecule has 1 N–H and O–H groups in total. The van der Waals surface area contributed by atoms with Crippen molar-refractivity contribution in [2.75, 3.05) is 44.3 Å². The number of carbonyl (C=O) groups is 2. The fraction of sp³-hybridized carbons (Fsp3) is 0.429. The molecule has 0 atom stereocenters. The second kappa shape index (κ2) is 5.52. The van der Waals surface area contributed by atoms with E-state index < -0.39 is 11.7 Å². The SMILES string of the molecule is O=C1C(=O)N(CC[NH+]2CCOCC2)c2ccc(Cl)cc21. The minimum atomic E-state index is -0.459. The summed E-state index contributed by atoms with van der Waals surface area (Å²) < 4.78 is 5.31. The van der Waals surface area contributed by atoms with Crippen LogP contribution in [0.4, 0.5) is 5.69 Å². The van der Waals surface area contributed by atoms with Gasteiger partial charge in [0.15, 0.2) is 0 Å². The quantitative estimate of drug-likeness (QED) is 0.785. The molecule has 106 valence electrons. The first-order chi connectivity index (χ1) is 9.66. The predicted octanol–water partition coefficient (Wildman–Crippen LogP) is -0.216. The average molecular weight is 296 g/mol. The van der Waals surface area contributed by atoms with E-state index >= 15 is 0 Å². The zero-order chi connectivity index (χ0) is 14.1. The van der Waals surface area contributed by atoms with E-state index in [-0.39, 0.29) is 0 Å². The summed E-state index contributed by atoms with van der Waals surface area (Å²) in [6, 6.07) is 5.02. The summed E-state index contributed by atoms with van der Waals surface area (Å²) in [6.45, 7) is 4.79. The number of rotatable bonds is 3. The Morgan fingerprint density at radius 3 is 2.75 bits per heavy atom. The van der Waals surface area contributed by atoms with Gasteiger partial charge in [-0.15, -0.1) is 0 Å². The number of halogens is 1. The molecule has 3 rings (SSSR count).